The van der Waals surface area contributed by atoms with Gasteiger partial charge in [0.2, 0.25) is 0 Å². The highest BCUT2D eigenvalue weighted by atomic mass is 32.2. The largest absolute Gasteiger partial charge is 0.462 e. The van der Waals surface area contributed by atoms with Gasteiger partial charge in [-0.3, -0.25) is 0 Å². The van der Waals surface area contributed by atoms with Crippen LogP contribution in [0.2, 0.25) is 0 Å². The van der Waals surface area contributed by atoms with Crippen LogP contribution in [0.25, 0.3) is 0 Å². The molecule has 7 heteroatoms. The fourth-order valence-corrected chi connectivity index (χ4v) is 3.23. The molecule has 0 atom stereocenters. The zero-order chi connectivity index (χ0) is 20.1. The molecule has 0 spiro atoms. The molecule has 6 nitrogen and oxygen atoms in total. The molecule has 0 fully saturated rings. The number of thioether (sulfide) groups is 1. The summed E-state index contributed by atoms with van der Waals surface area (Å²) in [6, 6.07) is 17.5. The number of ether oxygens (including phenoxy) is 1. The predicted molar refractivity (Wildman–Crippen MR) is 114 cm³/mol. The number of carbonyl (C=O) groups is 1. The van der Waals surface area contributed by atoms with Gasteiger partial charge in [-0.2, -0.15) is 9.78 Å². The van der Waals surface area contributed by atoms with Crippen molar-refractivity contribution in [2.75, 3.05) is 18.6 Å². The highest BCUT2D eigenvalue weighted by Gasteiger charge is 2.25. The van der Waals surface area contributed by atoms with Gasteiger partial charge in [0.15, 0.2) is 5.84 Å². The van der Waals surface area contributed by atoms with Crippen molar-refractivity contribution in [2.24, 2.45) is 4.99 Å². The molecule has 0 saturated heterocycles. The Morgan fingerprint density at radius 1 is 1.18 bits per heavy atom. The molecule has 0 aliphatic heterocycles. The third kappa shape index (κ3) is 4.09. The van der Waals surface area contributed by atoms with Crippen molar-refractivity contribution in [1.29, 1.82) is 0 Å². The minimum atomic E-state index is -0.488. The molecule has 0 unspecified atom stereocenters. The molecular weight excluding hydrogens is 372 g/mol. The average Bonchev–Trinajstić information content (AvgIpc) is 3.04. The Labute approximate surface area is 168 Å². The first-order valence-corrected chi connectivity index (χ1v) is 10.1. The minimum Gasteiger partial charge on any atom is -0.462 e. The fourth-order valence-electron chi connectivity index (χ4n) is 2.67. The van der Waals surface area contributed by atoms with E-state index in [2.05, 4.69) is 5.10 Å². The topological polar surface area (TPSA) is 82.5 Å². The average molecular weight is 395 g/mol. The van der Waals surface area contributed by atoms with Crippen LogP contribution < -0.4 is 5.73 Å². The Morgan fingerprint density at radius 2 is 1.86 bits per heavy atom. The highest BCUT2D eigenvalue weighted by Crippen LogP contribution is 2.27. The molecule has 1 heterocycles. The second kappa shape index (κ2) is 8.75. The van der Waals surface area contributed by atoms with E-state index >= 15 is 0 Å². The molecule has 0 radical (unpaired) electrons. The summed E-state index contributed by atoms with van der Waals surface area (Å²) in [5.41, 5.74) is 9.34. The quantitative estimate of drug-likeness (QED) is 0.302. The van der Waals surface area contributed by atoms with Crippen molar-refractivity contribution in [3.63, 3.8) is 0 Å². The molecule has 1 aromatic heterocycles. The van der Waals surface area contributed by atoms with Crippen LogP contribution in [0, 0.1) is 6.92 Å². The Balaban J connectivity index is 2.19. The fraction of sp³-hybridized carbons (Fsp3) is 0.190. The number of hydrogen-bond acceptors (Lipinski definition) is 6. The monoisotopic (exact) mass is 394 g/mol. The maximum absolute atomic E-state index is 12.4. The lowest BCUT2D eigenvalue weighted by Gasteiger charge is -2.10. The van der Waals surface area contributed by atoms with Gasteiger partial charge >= 0.3 is 5.97 Å². The molecule has 0 aliphatic carbocycles. The Hall–Kier alpha value is -3.06. The number of nitrogens with zero attached hydrogens (tertiary/aromatic N) is 3. The van der Waals surface area contributed by atoms with Gasteiger partial charge in [0.25, 0.3) is 0 Å². The van der Waals surface area contributed by atoms with E-state index in [1.54, 1.807) is 6.92 Å². The summed E-state index contributed by atoms with van der Waals surface area (Å²) < 4.78 is 6.66. The molecule has 3 aromatic rings. The molecule has 0 bridgehead atoms. The molecule has 2 aromatic carbocycles. The van der Waals surface area contributed by atoms with Crippen molar-refractivity contribution in [3.05, 3.63) is 71.3 Å². The molecule has 28 heavy (non-hydrogen) atoms. The highest BCUT2D eigenvalue weighted by molar-refractivity contribution is 7.98. The summed E-state index contributed by atoms with van der Waals surface area (Å²) in [7, 11) is 0. The second-order valence-corrected chi connectivity index (χ2v) is 6.83. The van der Waals surface area contributed by atoms with Gasteiger partial charge in [-0.05, 0) is 32.2 Å². The lowest BCUT2D eigenvalue weighted by atomic mass is 10.2. The Kier molecular flexibility index (Phi) is 6.16. The van der Waals surface area contributed by atoms with E-state index in [1.807, 2.05) is 67.8 Å². The van der Waals surface area contributed by atoms with Crippen molar-refractivity contribution < 1.29 is 9.53 Å². The zero-order valence-electron chi connectivity index (χ0n) is 16.0. The Morgan fingerprint density at radius 3 is 2.46 bits per heavy atom. The third-order valence-electron chi connectivity index (χ3n) is 4.06. The number of aromatic nitrogens is 2. The maximum atomic E-state index is 12.4. The van der Waals surface area contributed by atoms with Crippen molar-refractivity contribution in [2.45, 2.75) is 18.9 Å². The van der Waals surface area contributed by atoms with E-state index in [4.69, 9.17) is 15.5 Å². The maximum Gasteiger partial charge on any atom is 0.344 e. The summed E-state index contributed by atoms with van der Waals surface area (Å²) in [6.45, 7) is 4.04. The van der Waals surface area contributed by atoms with Crippen LogP contribution in [0.4, 0.5) is 11.5 Å². The zero-order valence-corrected chi connectivity index (χ0v) is 16.9. The number of nitrogen functional groups attached to an aromatic ring is 1. The molecule has 0 saturated carbocycles. The van der Waals surface area contributed by atoms with Gasteiger partial charge in [-0.1, -0.05) is 48.0 Å². The van der Waals surface area contributed by atoms with E-state index < -0.39 is 5.97 Å². The van der Waals surface area contributed by atoms with Crippen LogP contribution in [0.5, 0.6) is 0 Å². The van der Waals surface area contributed by atoms with Gasteiger partial charge < -0.3 is 10.5 Å². The summed E-state index contributed by atoms with van der Waals surface area (Å²) in [5.74, 6) is 0.253. The van der Waals surface area contributed by atoms with Crippen molar-refractivity contribution in [3.8, 4) is 0 Å². The van der Waals surface area contributed by atoms with E-state index in [9.17, 15) is 4.79 Å². The SMILES string of the molecule is CCOC(=O)c1c(SC)nn(C(=Nc2ccc(C)cc2)c2ccccc2)c1N. The summed E-state index contributed by atoms with van der Waals surface area (Å²) in [6.07, 6.45) is 1.84. The number of nitrogens with two attached hydrogens (primary N) is 1. The van der Waals surface area contributed by atoms with Crippen LogP contribution in [-0.2, 0) is 4.74 Å². The van der Waals surface area contributed by atoms with Gasteiger partial charge in [-0.25, -0.2) is 9.79 Å². The van der Waals surface area contributed by atoms with Gasteiger partial charge in [0.05, 0.1) is 12.3 Å². The number of anilines is 1. The van der Waals surface area contributed by atoms with Gasteiger partial charge in [-0.15, -0.1) is 11.8 Å². The number of aryl methyl sites for hydroxylation is 1. The molecule has 2 N–H and O–H groups in total. The number of benzene rings is 2. The van der Waals surface area contributed by atoms with Crippen LogP contribution in [-0.4, -0.2) is 34.4 Å². The molecule has 3 rings (SSSR count). The normalized spacial score (nSPS) is 11.5. The number of rotatable bonds is 5. The standard InChI is InChI=1S/C21H22N4O2S/c1-4-27-21(26)17-18(22)25(24-20(17)28-3)19(15-8-6-5-7-9-15)23-16-12-10-14(2)11-13-16/h5-13H,4,22H2,1-3H3. The first-order chi connectivity index (χ1) is 13.5. The summed E-state index contributed by atoms with van der Waals surface area (Å²) >= 11 is 1.34. The lowest BCUT2D eigenvalue weighted by molar-refractivity contribution is 0.0523. The first kappa shape index (κ1) is 19.7. The van der Waals surface area contributed by atoms with Crippen LogP contribution in [0.15, 0.2) is 64.6 Å². The number of aliphatic imine (C=N–C) groups is 1. The van der Waals surface area contributed by atoms with E-state index in [1.165, 1.54) is 16.4 Å². The van der Waals surface area contributed by atoms with E-state index in [-0.39, 0.29) is 18.0 Å². The molecule has 144 valence electrons. The second-order valence-electron chi connectivity index (χ2n) is 6.04. The van der Waals surface area contributed by atoms with Gasteiger partial charge in [0, 0.05) is 5.56 Å². The van der Waals surface area contributed by atoms with Crippen molar-refractivity contribution in [1.82, 2.24) is 9.78 Å². The van der Waals surface area contributed by atoms with Gasteiger partial charge in [0.1, 0.15) is 16.4 Å². The molecule has 0 amide bonds. The van der Waals surface area contributed by atoms with Crippen molar-refractivity contribution >= 4 is 35.1 Å². The minimum absolute atomic E-state index is 0.206. The van der Waals surface area contributed by atoms with Crippen LogP contribution in [0.3, 0.4) is 0 Å². The van der Waals surface area contributed by atoms with E-state index in [0.29, 0.717) is 10.9 Å². The first-order valence-electron chi connectivity index (χ1n) is 8.86. The number of esters is 1. The summed E-state index contributed by atoms with van der Waals surface area (Å²) in [5, 5.41) is 5.05. The van der Waals surface area contributed by atoms with E-state index in [0.717, 1.165) is 16.8 Å². The lowest BCUT2D eigenvalue weighted by Crippen LogP contribution is -2.18. The predicted octanol–water partition coefficient (Wildman–Crippen LogP) is 4.30. The Bertz CT molecular complexity index is 995. The smallest absolute Gasteiger partial charge is 0.344 e. The third-order valence-corrected chi connectivity index (χ3v) is 4.74. The summed E-state index contributed by atoms with van der Waals surface area (Å²) in [4.78, 5) is 17.2. The number of hydrogen-bond donors (Lipinski definition) is 1. The van der Waals surface area contributed by atoms with Crippen LogP contribution in [0.1, 0.15) is 28.4 Å². The molecular formula is C21H22N4O2S. The number of carbonyl (C=O) groups excluding carboxylic acids is 1. The van der Waals surface area contributed by atoms with Crippen LogP contribution >= 0.6 is 11.8 Å². The molecule has 0 aliphatic rings.